The van der Waals surface area contributed by atoms with Crippen LogP contribution in [0, 0.1) is 5.92 Å². The van der Waals surface area contributed by atoms with Crippen LogP contribution in [0.4, 0.5) is 0 Å². The molecule has 0 saturated carbocycles. The summed E-state index contributed by atoms with van der Waals surface area (Å²) in [7, 11) is 1.92. The number of morpholine rings is 1. The molecule has 1 amide bonds. The van der Waals surface area contributed by atoms with Crippen LogP contribution in [0.5, 0.6) is 0 Å². The lowest BCUT2D eigenvalue weighted by Gasteiger charge is -2.33. The van der Waals surface area contributed by atoms with Gasteiger partial charge in [-0.15, -0.1) is 0 Å². The summed E-state index contributed by atoms with van der Waals surface area (Å²) < 4.78 is 5.60. The van der Waals surface area contributed by atoms with Crippen molar-refractivity contribution < 1.29 is 9.53 Å². The molecule has 132 valence electrons. The average Bonchev–Trinajstić information content (AvgIpc) is 3.02. The van der Waals surface area contributed by atoms with Crippen molar-refractivity contribution in [3.63, 3.8) is 0 Å². The molecule has 1 N–H and O–H groups in total. The zero-order valence-electron chi connectivity index (χ0n) is 14.8. The molecule has 1 unspecified atom stereocenters. The van der Waals surface area contributed by atoms with Crippen molar-refractivity contribution in [3.05, 3.63) is 35.9 Å². The van der Waals surface area contributed by atoms with Gasteiger partial charge in [0.05, 0.1) is 12.7 Å². The molecule has 3 rings (SSSR count). The molecular formula is C19H29N3O2. The van der Waals surface area contributed by atoms with E-state index < -0.39 is 0 Å². The first kappa shape index (κ1) is 17.4. The van der Waals surface area contributed by atoms with Crippen LogP contribution >= 0.6 is 0 Å². The maximum absolute atomic E-state index is 12.6. The molecule has 0 aromatic heterocycles. The van der Waals surface area contributed by atoms with Gasteiger partial charge in [0, 0.05) is 33.2 Å². The molecular weight excluding hydrogens is 302 g/mol. The molecule has 2 saturated heterocycles. The molecule has 0 spiro atoms. The van der Waals surface area contributed by atoms with Gasteiger partial charge in [0.25, 0.3) is 0 Å². The van der Waals surface area contributed by atoms with Crippen LogP contribution < -0.4 is 5.32 Å². The molecule has 1 aromatic carbocycles. The summed E-state index contributed by atoms with van der Waals surface area (Å²) in [5.41, 5.74) is 1.36. The first-order valence-corrected chi connectivity index (χ1v) is 8.99. The summed E-state index contributed by atoms with van der Waals surface area (Å²) in [6.07, 6.45) is 1.11. The first-order valence-electron chi connectivity index (χ1n) is 8.99. The SMILES string of the molecule is C[C@H]1OCCN[C@@H]1C(=O)N(C)CC1CCN(Cc2ccccc2)C1. The molecule has 2 aliphatic rings. The molecule has 1 aromatic rings. The van der Waals surface area contributed by atoms with Crippen molar-refractivity contribution in [2.45, 2.75) is 32.0 Å². The number of nitrogens with one attached hydrogen (secondary N) is 1. The maximum atomic E-state index is 12.6. The highest BCUT2D eigenvalue weighted by atomic mass is 16.5. The Bertz CT molecular complexity index is 537. The van der Waals surface area contributed by atoms with Crippen LogP contribution in [0.2, 0.25) is 0 Å². The van der Waals surface area contributed by atoms with Gasteiger partial charge in [-0.25, -0.2) is 0 Å². The molecule has 2 aliphatic heterocycles. The van der Waals surface area contributed by atoms with Gasteiger partial charge in [-0.1, -0.05) is 30.3 Å². The predicted octanol–water partition coefficient (Wildman–Crippen LogP) is 1.34. The third-order valence-electron chi connectivity index (χ3n) is 5.11. The number of likely N-dealkylation sites (tertiary alicyclic amines) is 1. The topological polar surface area (TPSA) is 44.8 Å². The maximum Gasteiger partial charge on any atom is 0.242 e. The Morgan fingerprint density at radius 2 is 2.17 bits per heavy atom. The second kappa shape index (κ2) is 8.10. The van der Waals surface area contributed by atoms with E-state index in [1.807, 2.05) is 18.9 Å². The summed E-state index contributed by atoms with van der Waals surface area (Å²) in [5, 5.41) is 3.29. The van der Waals surface area contributed by atoms with Gasteiger partial charge in [-0.2, -0.15) is 0 Å². The minimum atomic E-state index is -0.203. The highest BCUT2D eigenvalue weighted by Crippen LogP contribution is 2.20. The van der Waals surface area contributed by atoms with Crippen LogP contribution in [0.15, 0.2) is 30.3 Å². The van der Waals surface area contributed by atoms with Crippen molar-refractivity contribution >= 4 is 5.91 Å². The van der Waals surface area contributed by atoms with E-state index >= 15 is 0 Å². The second-order valence-corrected chi connectivity index (χ2v) is 7.10. The van der Waals surface area contributed by atoms with Crippen LogP contribution in [0.25, 0.3) is 0 Å². The Balaban J connectivity index is 1.47. The van der Waals surface area contributed by atoms with Crippen molar-refractivity contribution in [2.24, 2.45) is 5.92 Å². The summed E-state index contributed by atoms with van der Waals surface area (Å²) in [6, 6.07) is 10.4. The lowest BCUT2D eigenvalue weighted by Crippen LogP contribution is -2.56. The molecule has 0 aliphatic carbocycles. The van der Waals surface area contributed by atoms with Crippen LogP contribution in [-0.4, -0.2) is 67.7 Å². The van der Waals surface area contributed by atoms with Crippen molar-refractivity contribution in [2.75, 3.05) is 39.8 Å². The smallest absolute Gasteiger partial charge is 0.242 e. The van der Waals surface area contributed by atoms with E-state index in [1.54, 1.807) is 0 Å². The molecule has 3 atom stereocenters. The lowest BCUT2D eigenvalue weighted by atomic mass is 10.1. The van der Waals surface area contributed by atoms with Gasteiger partial charge in [-0.3, -0.25) is 9.69 Å². The summed E-state index contributed by atoms with van der Waals surface area (Å²) in [5.74, 6) is 0.714. The van der Waals surface area contributed by atoms with E-state index in [2.05, 4.69) is 40.5 Å². The standard InChI is InChI=1S/C19H29N3O2/c1-15-18(20-9-11-24-15)19(23)21(2)12-17-8-10-22(14-17)13-16-6-4-3-5-7-16/h3-7,15,17-18,20H,8-14H2,1-2H3/t15-,17?,18+/m1/s1. The van der Waals surface area contributed by atoms with Crippen molar-refractivity contribution in [1.82, 2.24) is 15.1 Å². The van der Waals surface area contributed by atoms with Gasteiger partial charge in [0.2, 0.25) is 5.91 Å². The average molecular weight is 331 g/mol. The number of ether oxygens (including phenoxy) is 1. The number of hydrogen-bond donors (Lipinski definition) is 1. The van der Waals surface area contributed by atoms with Gasteiger partial charge < -0.3 is 15.0 Å². The van der Waals surface area contributed by atoms with Crippen LogP contribution in [0.1, 0.15) is 18.9 Å². The number of hydrogen-bond acceptors (Lipinski definition) is 4. The molecule has 5 nitrogen and oxygen atoms in total. The fourth-order valence-corrected chi connectivity index (χ4v) is 3.77. The summed E-state index contributed by atoms with van der Waals surface area (Å²) in [6.45, 7) is 7.42. The highest BCUT2D eigenvalue weighted by molar-refractivity contribution is 5.82. The van der Waals surface area contributed by atoms with Gasteiger partial charge in [0.15, 0.2) is 0 Å². The highest BCUT2D eigenvalue weighted by Gasteiger charge is 2.32. The summed E-state index contributed by atoms with van der Waals surface area (Å²) in [4.78, 5) is 17.0. The number of carbonyl (C=O) groups excluding carboxylic acids is 1. The minimum absolute atomic E-state index is 0.0492. The Hall–Kier alpha value is -1.43. The Morgan fingerprint density at radius 3 is 2.92 bits per heavy atom. The fraction of sp³-hybridized carbons (Fsp3) is 0.632. The number of nitrogens with zero attached hydrogens (tertiary/aromatic N) is 2. The first-order chi connectivity index (χ1) is 11.6. The van der Waals surface area contributed by atoms with E-state index in [1.165, 1.54) is 5.56 Å². The third kappa shape index (κ3) is 4.35. The number of amides is 1. The fourth-order valence-electron chi connectivity index (χ4n) is 3.77. The number of likely N-dealkylation sites (N-methyl/N-ethyl adjacent to an activating group) is 1. The number of benzene rings is 1. The Kier molecular flexibility index (Phi) is 5.87. The zero-order valence-corrected chi connectivity index (χ0v) is 14.8. The van der Waals surface area contributed by atoms with E-state index in [0.29, 0.717) is 12.5 Å². The number of rotatable bonds is 5. The largest absolute Gasteiger partial charge is 0.375 e. The van der Waals surface area contributed by atoms with E-state index in [4.69, 9.17) is 4.74 Å². The monoisotopic (exact) mass is 331 g/mol. The quantitative estimate of drug-likeness (QED) is 0.884. The predicted molar refractivity (Wildman–Crippen MR) is 94.7 cm³/mol. The second-order valence-electron chi connectivity index (χ2n) is 7.10. The molecule has 2 fully saturated rings. The molecule has 24 heavy (non-hydrogen) atoms. The van der Waals surface area contributed by atoms with E-state index in [-0.39, 0.29) is 18.1 Å². The normalized spacial score (nSPS) is 28.0. The summed E-state index contributed by atoms with van der Waals surface area (Å²) >= 11 is 0. The Labute approximate surface area is 145 Å². The lowest BCUT2D eigenvalue weighted by molar-refractivity contribution is -0.138. The molecule has 0 radical (unpaired) electrons. The van der Waals surface area contributed by atoms with Gasteiger partial charge in [0.1, 0.15) is 6.04 Å². The van der Waals surface area contributed by atoms with Crippen LogP contribution in [0.3, 0.4) is 0 Å². The van der Waals surface area contributed by atoms with Crippen molar-refractivity contribution in [1.29, 1.82) is 0 Å². The van der Waals surface area contributed by atoms with Gasteiger partial charge >= 0.3 is 0 Å². The number of carbonyl (C=O) groups is 1. The zero-order chi connectivity index (χ0) is 16.9. The molecule has 5 heteroatoms. The van der Waals surface area contributed by atoms with Gasteiger partial charge in [-0.05, 0) is 31.4 Å². The third-order valence-corrected chi connectivity index (χ3v) is 5.11. The minimum Gasteiger partial charge on any atom is -0.375 e. The molecule has 2 heterocycles. The molecule has 0 bridgehead atoms. The Morgan fingerprint density at radius 1 is 1.38 bits per heavy atom. The van der Waals surface area contributed by atoms with E-state index in [9.17, 15) is 4.79 Å². The van der Waals surface area contributed by atoms with E-state index in [0.717, 1.165) is 39.1 Å². The van der Waals surface area contributed by atoms with Crippen LogP contribution in [-0.2, 0) is 16.1 Å². The van der Waals surface area contributed by atoms with Crippen molar-refractivity contribution in [3.8, 4) is 0 Å².